The highest BCUT2D eigenvalue weighted by atomic mass is 16.3. The Labute approximate surface area is 77.9 Å². The molecule has 0 aliphatic carbocycles. The summed E-state index contributed by atoms with van der Waals surface area (Å²) in [6.45, 7) is 3.13. The molecule has 0 saturated carbocycles. The number of hydrogen-bond donors (Lipinski definition) is 3. The quantitative estimate of drug-likeness (QED) is 0.520. The number of nitrogens with one attached hydrogen (secondary N) is 1. The van der Waals surface area contributed by atoms with Gasteiger partial charge in [-0.1, -0.05) is 0 Å². The molecule has 0 radical (unpaired) electrons. The Morgan fingerprint density at radius 1 is 1.77 bits per heavy atom. The van der Waals surface area contributed by atoms with Crippen molar-refractivity contribution in [1.29, 1.82) is 0 Å². The summed E-state index contributed by atoms with van der Waals surface area (Å²) < 4.78 is 0. The van der Waals surface area contributed by atoms with Gasteiger partial charge in [0.2, 0.25) is 5.91 Å². The molecule has 2 atom stereocenters. The molecule has 1 aliphatic heterocycles. The predicted molar refractivity (Wildman–Crippen MR) is 48.6 cm³/mol. The molecule has 0 aromatic rings. The molecular formula is C8H17N3O2. The van der Waals surface area contributed by atoms with Crippen LogP contribution >= 0.6 is 0 Å². The summed E-state index contributed by atoms with van der Waals surface area (Å²) >= 11 is 0. The Balaban J connectivity index is 2.31. The number of β-amino-alcohol motifs (C(OH)–C–C–N with tert-alkyl or cyclic N) is 1. The minimum absolute atomic E-state index is 0.290. The maximum absolute atomic E-state index is 10.7. The van der Waals surface area contributed by atoms with Gasteiger partial charge in [-0.3, -0.25) is 4.79 Å². The molecule has 1 amide bonds. The maximum Gasteiger partial charge on any atom is 0.235 e. The molecule has 76 valence electrons. The van der Waals surface area contributed by atoms with E-state index in [0.717, 1.165) is 19.4 Å². The van der Waals surface area contributed by atoms with E-state index in [2.05, 4.69) is 5.43 Å². The largest absolute Gasteiger partial charge is 0.392 e. The van der Waals surface area contributed by atoms with E-state index in [0.29, 0.717) is 6.54 Å². The second-order valence-electron chi connectivity index (χ2n) is 3.50. The van der Waals surface area contributed by atoms with Gasteiger partial charge in [0, 0.05) is 13.1 Å². The fourth-order valence-electron chi connectivity index (χ4n) is 1.41. The first kappa shape index (κ1) is 10.4. The lowest BCUT2D eigenvalue weighted by molar-refractivity contribution is -0.121. The summed E-state index contributed by atoms with van der Waals surface area (Å²) in [5.41, 5.74) is 8.04. The monoisotopic (exact) mass is 187 g/mol. The number of carbonyl (C=O) groups excluding carboxylic acids is 1. The van der Waals surface area contributed by atoms with Gasteiger partial charge in [-0.15, -0.1) is 0 Å². The Kier molecular flexibility index (Phi) is 3.65. The topological polar surface area (TPSA) is 78.6 Å². The first-order chi connectivity index (χ1) is 6.09. The lowest BCUT2D eigenvalue weighted by atomic mass is 10.1. The summed E-state index contributed by atoms with van der Waals surface area (Å²) in [5.74, 6) is -0.375. The number of rotatable bonds is 3. The van der Waals surface area contributed by atoms with E-state index in [4.69, 9.17) is 5.73 Å². The number of nitrogens with two attached hydrogens (primary N) is 1. The van der Waals surface area contributed by atoms with E-state index in [1.54, 1.807) is 6.92 Å². The van der Waals surface area contributed by atoms with E-state index in [9.17, 15) is 9.90 Å². The number of carbonyl (C=O) groups is 1. The fraction of sp³-hybridized carbons (Fsp3) is 0.875. The summed E-state index contributed by atoms with van der Waals surface area (Å²) in [4.78, 5) is 10.7. The van der Waals surface area contributed by atoms with Crippen LogP contribution < -0.4 is 11.2 Å². The third kappa shape index (κ3) is 3.30. The Bertz CT molecular complexity index is 186. The molecule has 0 aromatic heterocycles. The molecule has 5 heteroatoms. The zero-order chi connectivity index (χ0) is 9.84. The van der Waals surface area contributed by atoms with Crippen LogP contribution in [0.2, 0.25) is 0 Å². The Morgan fingerprint density at radius 2 is 2.46 bits per heavy atom. The van der Waals surface area contributed by atoms with E-state index < -0.39 is 0 Å². The SMILES string of the molecule is CC(NN1CCCC(O)C1)C(N)=O. The molecule has 1 rings (SSSR count). The van der Waals surface area contributed by atoms with Gasteiger partial charge in [0.1, 0.15) is 0 Å². The number of aliphatic hydroxyl groups excluding tert-OH is 1. The zero-order valence-corrected chi connectivity index (χ0v) is 7.86. The first-order valence-electron chi connectivity index (χ1n) is 4.58. The van der Waals surface area contributed by atoms with Gasteiger partial charge in [-0.05, 0) is 19.8 Å². The Morgan fingerprint density at radius 3 is 3.00 bits per heavy atom. The second kappa shape index (κ2) is 4.55. The molecule has 0 spiro atoms. The number of piperidine rings is 1. The lowest BCUT2D eigenvalue weighted by Gasteiger charge is -2.31. The molecule has 1 aliphatic rings. The first-order valence-corrected chi connectivity index (χ1v) is 4.58. The molecular weight excluding hydrogens is 170 g/mol. The molecule has 1 heterocycles. The van der Waals surface area contributed by atoms with Crippen LogP contribution in [-0.2, 0) is 4.79 Å². The molecule has 4 N–H and O–H groups in total. The zero-order valence-electron chi connectivity index (χ0n) is 7.86. The molecule has 13 heavy (non-hydrogen) atoms. The van der Waals surface area contributed by atoms with Gasteiger partial charge in [0.25, 0.3) is 0 Å². The standard InChI is InChI=1S/C8H17N3O2/c1-6(8(9)13)10-11-4-2-3-7(12)5-11/h6-7,10,12H,2-5H2,1H3,(H2,9,13). The van der Waals surface area contributed by atoms with Gasteiger partial charge in [-0.2, -0.15) is 0 Å². The van der Waals surface area contributed by atoms with Crippen LogP contribution in [-0.4, -0.2) is 41.3 Å². The number of hydrogen-bond acceptors (Lipinski definition) is 4. The number of aliphatic hydroxyl groups is 1. The highest BCUT2D eigenvalue weighted by Crippen LogP contribution is 2.07. The van der Waals surface area contributed by atoms with E-state index in [-0.39, 0.29) is 18.1 Å². The van der Waals surface area contributed by atoms with Crippen LogP contribution in [0.3, 0.4) is 0 Å². The average molecular weight is 187 g/mol. The number of nitrogens with zero attached hydrogens (tertiary/aromatic N) is 1. The van der Waals surface area contributed by atoms with Crippen molar-refractivity contribution in [2.75, 3.05) is 13.1 Å². The van der Waals surface area contributed by atoms with Gasteiger partial charge in [-0.25, -0.2) is 10.4 Å². The summed E-state index contributed by atoms with van der Waals surface area (Å²) in [6, 6.07) is -0.370. The highest BCUT2D eigenvalue weighted by molar-refractivity contribution is 5.79. The third-order valence-electron chi connectivity index (χ3n) is 2.20. The maximum atomic E-state index is 10.7. The van der Waals surface area contributed by atoms with Crippen molar-refractivity contribution in [1.82, 2.24) is 10.4 Å². The van der Waals surface area contributed by atoms with Gasteiger partial charge in [0.15, 0.2) is 0 Å². The fourth-order valence-corrected chi connectivity index (χ4v) is 1.41. The summed E-state index contributed by atoms with van der Waals surface area (Å²) in [6.07, 6.45) is 1.49. The van der Waals surface area contributed by atoms with Crippen molar-refractivity contribution in [3.8, 4) is 0 Å². The summed E-state index contributed by atoms with van der Waals surface area (Å²) in [7, 11) is 0. The highest BCUT2D eigenvalue weighted by Gasteiger charge is 2.20. The normalized spacial score (nSPS) is 27.1. The van der Waals surface area contributed by atoms with Crippen molar-refractivity contribution in [3.63, 3.8) is 0 Å². The van der Waals surface area contributed by atoms with Gasteiger partial charge >= 0.3 is 0 Å². The van der Waals surface area contributed by atoms with Crippen LogP contribution in [0.1, 0.15) is 19.8 Å². The molecule has 1 saturated heterocycles. The number of primary amides is 1. The molecule has 0 bridgehead atoms. The smallest absolute Gasteiger partial charge is 0.235 e. The Hall–Kier alpha value is -0.650. The van der Waals surface area contributed by atoms with Crippen molar-refractivity contribution in [3.05, 3.63) is 0 Å². The van der Waals surface area contributed by atoms with Crippen molar-refractivity contribution < 1.29 is 9.90 Å². The molecule has 0 aromatic carbocycles. The van der Waals surface area contributed by atoms with E-state index in [1.165, 1.54) is 0 Å². The van der Waals surface area contributed by atoms with Crippen molar-refractivity contribution in [2.24, 2.45) is 5.73 Å². The van der Waals surface area contributed by atoms with Gasteiger partial charge < -0.3 is 10.8 Å². The third-order valence-corrected chi connectivity index (χ3v) is 2.20. The van der Waals surface area contributed by atoms with Crippen LogP contribution in [0.5, 0.6) is 0 Å². The minimum Gasteiger partial charge on any atom is -0.392 e. The van der Waals surface area contributed by atoms with E-state index >= 15 is 0 Å². The van der Waals surface area contributed by atoms with Crippen LogP contribution in [0.25, 0.3) is 0 Å². The van der Waals surface area contributed by atoms with Crippen LogP contribution in [0.15, 0.2) is 0 Å². The number of hydrazine groups is 1. The second-order valence-corrected chi connectivity index (χ2v) is 3.50. The minimum atomic E-state index is -0.375. The molecule has 2 unspecified atom stereocenters. The predicted octanol–water partition coefficient (Wildman–Crippen LogP) is -1.18. The molecule has 1 fully saturated rings. The number of amides is 1. The van der Waals surface area contributed by atoms with Crippen LogP contribution in [0, 0.1) is 0 Å². The average Bonchev–Trinajstić information content (AvgIpc) is 2.04. The summed E-state index contributed by atoms with van der Waals surface area (Å²) in [5, 5.41) is 11.2. The van der Waals surface area contributed by atoms with E-state index in [1.807, 2.05) is 5.01 Å². The molecule has 5 nitrogen and oxygen atoms in total. The van der Waals surface area contributed by atoms with Crippen molar-refractivity contribution in [2.45, 2.75) is 31.9 Å². The van der Waals surface area contributed by atoms with Crippen LogP contribution in [0.4, 0.5) is 0 Å². The lowest BCUT2D eigenvalue weighted by Crippen LogP contribution is -2.53. The van der Waals surface area contributed by atoms with Crippen molar-refractivity contribution >= 4 is 5.91 Å². The van der Waals surface area contributed by atoms with Gasteiger partial charge in [0.05, 0.1) is 12.1 Å².